The summed E-state index contributed by atoms with van der Waals surface area (Å²) >= 11 is 0. The van der Waals surface area contributed by atoms with Crippen LogP contribution in [0.2, 0.25) is 0 Å². The molecule has 1 heterocycles. The first-order valence-corrected chi connectivity index (χ1v) is 3.71. The minimum atomic E-state index is -0.867. The van der Waals surface area contributed by atoms with Gasteiger partial charge in [-0.1, -0.05) is 6.92 Å². The summed E-state index contributed by atoms with van der Waals surface area (Å²) in [5.74, 6) is 0.106. The molecule has 1 aliphatic heterocycles. The fourth-order valence-electron chi connectivity index (χ4n) is 1.40. The van der Waals surface area contributed by atoms with Gasteiger partial charge in [-0.05, 0) is 12.5 Å². The zero-order chi connectivity index (χ0) is 7.56. The summed E-state index contributed by atoms with van der Waals surface area (Å²) in [7, 11) is 0. The summed E-state index contributed by atoms with van der Waals surface area (Å²) in [4.78, 5) is 0. The maximum Gasteiger partial charge on any atom is 0.118 e. The summed E-state index contributed by atoms with van der Waals surface area (Å²) in [6.45, 7) is 3.16. The van der Waals surface area contributed by atoms with Crippen LogP contribution in [-0.2, 0) is 0 Å². The first-order chi connectivity index (χ1) is 4.75. The monoisotopic (exact) mass is 147 g/mol. The van der Waals surface area contributed by atoms with Gasteiger partial charge in [-0.3, -0.25) is 0 Å². The Morgan fingerprint density at radius 3 is 2.70 bits per heavy atom. The van der Waals surface area contributed by atoms with Gasteiger partial charge in [-0.25, -0.2) is 4.39 Å². The van der Waals surface area contributed by atoms with E-state index >= 15 is 0 Å². The SMILES string of the molecule is CC1CNCC(F)C1CO. The highest BCUT2D eigenvalue weighted by Gasteiger charge is 2.29. The Hall–Kier alpha value is -0.150. The van der Waals surface area contributed by atoms with Crippen LogP contribution in [0.4, 0.5) is 4.39 Å². The molecule has 0 spiro atoms. The van der Waals surface area contributed by atoms with Crippen LogP contribution < -0.4 is 5.32 Å². The fourth-order valence-corrected chi connectivity index (χ4v) is 1.40. The van der Waals surface area contributed by atoms with Crippen molar-refractivity contribution in [2.45, 2.75) is 13.1 Å². The highest BCUT2D eigenvalue weighted by atomic mass is 19.1. The predicted octanol–water partition coefficient (Wildman–Crippen LogP) is 0.172. The van der Waals surface area contributed by atoms with Gasteiger partial charge in [0, 0.05) is 19.1 Å². The Morgan fingerprint density at radius 1 is 1.60 bits per heavy atom. The van der Waals surface area contributed by atoms with Crippen LogP contribution in [0.3, 0.4) is 0 Å². The molecule has 3 atom stereocenters. The predicted molar refractivity (Wildman–Crippen MR) is 37.5 cm³/mol. The molecule has 0 bridgehead atoms. The second-order valence-electron chi connectivity index (χ2n) is 3.00. The fraction of sp³-hybridized carbons (Fsp3) is 1.00. The van der Waals surface area contributed by atoms with Crippen molar-refractivity contribution < 1.29 is 9.50 Å². The van der Waals surface area contributed by atoms with Crippen molar-refractivity contribution in [1.82, 2.24) is 5.32 Å². The topological polar surface area (TPSA) is 32.3 Å². The summed E-state index contributed by atoms with van der Waals surface area (Å²) in [6, 6.07) is 0. The van der Waals surface area contributed by atoms with Gasteiger partial charge in [0.15, 0.2) is 0 Å². The van der Waals surface area contributed by atoms with E-state index in [0.29, 0.717) is 6.54 Å². The average molecular weight is 147 g/mol. The Morgan fingerprint density at radius 2 is 2.30 bits per heavy atom. The molecule has 2 nitrogen and oxygen atoms in total. The Bertz CT molecular complexity index is 99.8. The summed E-state index contributed by atoms with van der Waals surface area (Å²) < 4.78 is 12.9. The van der Waals surface area contributed by atoms with Gasteiger partial charge in [0.2, 0.25) is 0 Å². The van der Waals surface area contributed by atoms with E-state index in [4.69, 9.17) is 5.11 Å². The molecule has 0 aromatic heterocycles. The number of halogens is 1. The van der Waals surface area contributed by atoms with Gasteiger partial charge in [0.1, 0.15) is 6.17 Å². The van der Waals surface area contributed by atoms with Crippen molar-refractivity contribution in [2.75, 3.05) is 19.7 Å². The Labute approximate surface area is 60.4 Å². The number of aliphatic hydroxyl groups excluding tert-OH is 1. The van der Waals surface area contributed by atoms with E-state index in [2.05, 4.69) is 5.32 Å². The van der Waals surface area contributed by atoms with Crippen LogP contribution in [0.5, 0.6) is 0 Å². The molecule has 10 heavy (non-hydrogen) atoms. The smallest absolute Gasteiger partial charge is 0.118 e. The van der Waals surface area contributed by atoms with Crippen LogP contribution in [0.25, 0.3) is 0 Å². The number of hydrogen-bond donors (Lipinski definition) is 2. The van der Waals surface area contributed by atoms with E-state index < -0.39 is 6.17 Å². The van der Waals surface area contributed by atoms with Crippen molar-refractivity contribution in [2.24, 2.45) is 11.8 Å². The second-order valence-corrected chi connectivity index (χ2v) is 3.00. The quantitative estimate of drug-likeness (QED) is 0.554. The molecular formula is C7H14FNO. The third kappa shape index (κ3) is 1.47. The lowest BCUT2D eigenvalue weighted by molar-refractivity contribution is 0.0728. The standard InChI is InChI=1S/C7H14FNO/c1-5-2-9-3-7(8)6(5)4-10/h5-7,9-10H,2-4H2,1H3. The molecule has 60 valence electrons. The molecule has 0 aromatic rings. The van der Waals surface area contributed by atoms with E-state index in [1.807, 2.05) is 6.92 Å². The highest BCUT2D eigenvalue weighted by Crippen LogP contribution is 2.20. The van der Waals surface area contributed by atoms with Crippen molar-refractivity contribution in [3.63, 3.8) is 0 Å². The Kier molecular flexibility index (Phi) is 2.63. The summed E-state index contributed by atoms with van der Waals surface area (Å²) in [5, 5.41) is 11.7. The van der Waals surface area contributed by atoms with Crippen LogP contribution in [0.15, 0.2) is 0 Å². The molecule has 1 aliphatic rings. The van der Waals surface area contributed by atoms with E-state index in [-0.39, 0.29) is 18.4 Å². The third-order valence-electron chi connectivity index (χ3n) is 2.21. The van der Waals surface area contributed by atoms with Gasteiger partial charge in [-0.2, -0.15) is 0 Å². The maximum atomic E-state index is 12.9. The van der Waals surface area contributed by atoms with Crippen molar-refractivity contribution in [1.29, 1.82) is 0 Å². The lowest BCUT2D eigenvalue weighted by Crippen LogP contribution is -2.45. The van der Waals surface area contributed by atoms with Crippen molar-refractivity contribution >= 4 is 0 Å². The molecule has 0 saturated carbocycles. The zero-order valence-electron chi connectivity index (χ0n) is 6.18. The van der Waals surface area contributed by atoms with Gasteiger partial charge in [0.25, 0.3) is 0 Å². The number of piperidine rings is 1. The van der Waals surface area contributed by atoms with E-state index in [9.17, 15) is 4.39 Å². The molecule has 0 aromatic carbocycles. The minimum absolute atomic E-state index is 0.0238. The molecule has 3 heteroatoms. The first kappa shape index (κ1) is 7.95. The largest absolute Gasteiger partial charge is 0.396 e. The van der Waals surface area contributed by atoms with Gasteiger partial charge >= 0.3 is 0 Å². The molecule has 2 N–H and O–H groups in total. The van der Waals surface area contributed by atoms with Crippen LogP contribution in [0, 0.1) is 11.8 Å². The molecule has 3 unspecified atom stereocenters. The summed E-state index contributed by atoms with van der Waals surface area (Å²) in [5.41, 5.74) is 0. The van der Waals surface area contributed by atoms with Gasteiger partial charge < -0.3 is 10.4 Å². The molecular weight excluding hydrogens is 133 g/mol. The molecule has 0 amide bonds. The van der Waals surface area contributed by atoms with E-state index in [1.165, 1.54) is 0 Å². The van der Waals surface area contributed by atoms with Gasteiger partial charge in [-0.15, -0.1) is 0 Å². The number of alkyl halides is 1. The highest BCUT2D eigenvalue weighted by molar-refractivity contribution is 4.81. The third-order valence-corrected chi connectivity index (χ3v) is 2.21. The Balaban J connectivity index is 2.45. The zero-order valence-corrected chi connectivity index (χ0v) is 6.18. The van der Waals surface area contributed by atoms with Gasteiger partial charge in [0.05, 0.1) is 0 Å². The normalized spacial score (nSPS) is 41.7. The number of rotatable bonds is 1. The summed E-state index contributed by atoms with van der Waals surface area (Å²) in [6.07, 6.45) is -0.867. The lowest BCUT2D eigenvalue weighted by Gasteiger charge is -2.30. The van der Waals surface area contributed by atoms with Crippen LogP contribution in [-0.4, -0.2) is 31.0 Å². The molecule has 1 rings (SSSR count). The minimum Gasteiger partial charge on any atom is -0.396 e. The molecule has 0 radical (unpaired) electrons. The molecule has 1 fully saturated rings. The van der Waals surface area contributed by atoms with E-state index in [1.54, 1.807) is 0 Å². The maximum absolute atomic E-state index is 12.9. The second kappa shape index (κ2) is 3.30. The van der Waals surface area contributed by atoms with Crippen LogP contribution in [0.1, 0.15) is 6.92 Å². The lowest BCUT2D eigenvalue weighted by atomic mass is 9.87. The number of hydrogen-bond acceptors (Lipinski definition) is 2. The number of aliphatic hydroxyl groups is 1. The van der Waals surface area contributed by atoms with Crippen molar-refractivity contribution in [3.05, 3.63) is 0 Å². The molecule has 0 aliphatic carbocycles. The average Bonchev–Trinajstić information content (AvgIpc) is 1.88. The first-order valence-electron chi connectivity index (χ1n) is 3.71. The molecule has 1 saturated heterocycles. The van der Waals surface area contributed by atoms with Crippen molar-refractivity contribution in [3.8, 4) is 0 Å². The number of nitrogens with one attached hydrogen (secondary N) is 1. The van der Waals surface area contributed by atoms with Crippen LogP contribution >= 0.6 is 0 Å². The van der Waals surface area contributed by atoms with E-state index in [0.717, 1.165) is 6.54 Å².